The van der Waals surface area contributed by atoms with Crippen molar-refractivity contribution in [1.29, 1.82) is 5.41 Å². The quantitative estimate of drug-likeness (QED) is 0.635. The third kappa shape index (κ3) is 5.58. The maximum absolute atomic E-state index is 11.5. The Bertz CT molecular complexity index is 266. The zero-order valence-corrected chi connectivity index (χ0v) is 11.9. The lowest BCUT2D eigenvalue weighted by molar-refractivity contribution is 0.0918. The van der Waals surface area contributed by atoms with E-state index in [0.29, 0.717) is 31.5 Å². The monoisotopic (exact) mass is 278 g/mol. The molecule has 0 atom stereocenters. The summed E-state index contributed by atoms with van der Waals surface area (Å²) in [6, 6.07) is 0. The van der Waals surface area contributed by atoms with E-state index in [9.17, 15) is 4.79 Å². The van der Waals surface area contributed by atoms with Crippen LogP contribution in [0, 0.1) is 11.3 Å². The zero-order valence-electron chi connectivity index (χ0n) is 11.1. The van der Waals surface area contributed by atoms with Gasteiger partial charge in [0, 0.05) is 19.5 Å². The van der Waals surface area contributed by atoms with Crippen molar-refractivity contribution in [2.24, 2.45) is 5.92 Å². The second-order valence-electron chi connectivity index (χ2n) is 4.19. The van der Waals surface area contributed by atoms with E-state index >= 15 is 0 Å². The van der Waals surface area contributed by atoms with Gasteiger partial charge in [-0.15, -0.1) is 12.4 Å². The molecule has 0 unspecified atom stereocenters. The van der Waals surface area contributed by atoms with Crippen LogP contribution >= 0.6 is 12.4 Å². The third-order valence-electron chi connectivity index (χ3n) is 2.93. The predicted molar refractivity (Wildman–Crippen MR) is 72.5 cm³/mol. The number of rotatable bonds is 4. The number of carbonyl (C=O) groups is 1. The lowest BCUT2D eigenvalue weighted by atomic mass is 9.94. The maximum Gasteiger partial charge on any atom is 0.409 e. The van der Waals surface area contributed by atoms with Gasteiger partial charge in [-0.3, -0.25) is 5.41 Å². The highest BCUT2D eigenvalue weighted by Crippen LogP contribution is 2.21. The van der Waals surface area contributed by atoms with Crippen molar-refractivity contribution in [3.05, 3.63) is 0 Å². The summed E-state index contributed by atoms with van der Waals surface area (Å²) in [4.78, 5) is 13.2. The molecule has 1 N–H and O–H groups in total. The average Bonchev–Trinajstić information content (AvgIpc) is 2.30. The Morgan fingerprint density at radius 1 is 1.22 bits per heavy atom. The normalized spacial score (nSPS) is 15.8. The number of carbonyl (C=O) groups excluding carboxylic acids is 1. The van der Waals surface area contributed by atoms with Crippen LogP contribution in [0.1, 0.15) is 33.1 Å². The predicted octanol–water partition coefficient (Wildman–Crippen LogP) is 2.68. The highest BCUT2D eigenvalue weighted by Gasteiger charge is 2.24. The number of ether oxygens (including phenoxy) is 2. The number of nitrogens with zero attached hydrogens (tertiary/aromatic N) is 1. The molecule has 18 heavy (non-hydrogen) atoms. The number of nitrogens with one attached hydrogen (secondary N) is 1. The SMILES string of the molecule is CCOC(=N)CC1CCN(C(=O)OCC)CC1.Cl. The Labute approximate surface area is 115 Å². The number of hydrogen-bond donors (Lipinski definition) is 1. The zero-order chi connectivity index (χ0) is 12.7. The number of halogens is 1. The summed E-state index contributed by atoms with van der Waals surface area (Å²) in [6.45, 7) is 6.13. The van der Waals surface area contributed by atoms with E-state index in [1.807, 2.05) is 13.8 Å². The second-order valence-corrected chi connectivity index (χ2v) is 4.19. The van der Waals surface area contributed by atoms with Gasteiger partial charge in [0.15, 0.2) is 5.90 Å². The molecular weight excluding hydrogens is 256 g/mol. The number of likely N-dealkylation sites (tertiary alicyclic amines) is 1. The highest BCUT2D eigenvalue weighted by atomic mass is 35.5. The van der Waals surface area contributed by atoms with Gasteiger partial charge in [0.25, 0.3) is 0 Å². The minimum absolute atomic E-state index is 0. The van der Waals surface area contributed by atoms with E-state index in [1.165, 1.54) is 0 Å². The largest absolute Gasteiger partial charge is 0.481 e. The minimum atomic E-state index is -0.217. The third-order valence-corrected chi connectivity index (χ3v) is 2.93. The molecule has 1 aliphatic rings. The highest BCUT2D eigenvalue weighted by molar-refractivity contribution is 5.85. The van der Waals surface area contributed by atoms with Crippen LogP contribution in [0.2, 0.25) is 0 Å². The summed E-state index contributed by atoms with van der Waals surface area (Å²) in [7, 11) is 0. The second kappa shape index (κ2) is 9.03. The first kappa shape index (κ1) is 17.0. The van der Waals surface area contributed by atoms with Gasteiger partial charge in [-0.25, -0.2) is 4.79 Å². The summed E-state index contributed by atoms with van der Waals surface area (Å²) in [5.74, 6) is 0.821. The smallest absolute Gasteiger partial charge is 0.409 e. The topological polar surface area (TPSA) is 62.6 Å². The lowest BCUT2D eigenvalue weighted by Crippen LogP contribution is -2.39. The van der Waals surface area contributed by atoms with Crippen molar-refractivity contribution in [2.75, 3.05) is 26.3 Å². The molecule has 1 amide bonds. The first-order valence-corrected chi connectivity index (χ1v) is 6.29. The van der Waals surface area contributed by atoms with Crippen LogP contribution in [0.5, 0.6) is 0 Å². The van der Waals surface area contributed by atoms with Crippen molar-refractivity contribution in [2.45, 2.75) is 33.1 Å². The van der Waals surface area contributed by atoms with Crippen LogP contribution in [-0.4, -0.2) is 43.2 Å². The van der Waals surface area contributed by atoms with E-state index in [1.54, 1.807) is 4.90 Å². The van der Waals surface area contributed by atoms with E-state index < -0.39 is 0 Å². The fourth-order valence-corrected chi connectivity index (χ4v) is 2.03. The van der Waals surface area contributed by atoms with Gasteiger partial charge in [0.1, 0.15) is 0 Å². The van der Waals surface area contributed by atoms with Gasteiger partial charge in [-0.2, -0.15) is 0 Å². The summed E-state index contributed by atoms with van der Waals surface area (Å²) in [5.41, 5.74) is 0. The molecule has 0 spiro atoms. The van der Waals surface area contributed by atoms with Crippen molar-refractivity contribution in [3.8, 4) is 0 Å². The Balaban J connectivity index is 0.00000289. The lowest BCUT2D eigenvalue weighted by Gasteiger charge is -2.31. The van der Waals surface area contributed by atoms with Crippen LogP contribution in [0.3, 0.4) is 0 Å². The van der Waals surface area contributed by atoms with Gasteiger partial charge >= 0.3 is 6.09 Å². The molecule has 0 bridgehead atoms. The fourth-order valence-electron chi connectivity index (χ4n) is 2.03. The molecule has 1 heterocycles. The molecule has 1 rings (SSSR count). The first-order valence-electron chi connectivity index (χ1n) is 6.29. The van der Waals surface area contributed by atoms with Crippen molar-refractivity contribution < 1.29 is 14.3 Å². The number of amides is 1. The van der Waals surface area contributed by atoms with E-state index in [4.69, 9.17) is 14.9 Å². The van der Waals surface area contributed by atoms with Crippen molar-refractivity contribution >= 4 is 24.4 Å². The van der Waals surface area contributed by atoms with E-state index in [2.05, 4.69) is 0 Å². The molecule has 0 aromatic carbocycles. The molecule has 0 saturated carbocycles. The molecule has 106 valence electrons. The van der Waals surface area contributed by atoms with E-state index in [0.717, 1.165) is 25.9 Å². The van der Waals surface area contributed by atoms with Gasteiger partial charge < -0.3 is 14.4 Å². The molecule has 6 heteroatoms. The van der Waals surface area contributed by atoms with Crippen LogP contribution in [0.4, 0.5) is 4.79 Å². The van der Waals surface area contributed by atoms with Crippen LogP contribution < -0.4 is 0 Å². The molecule has 0 aromatic heterocycles. The van der Waals surface area contributed by atoms with Crippen LogP contribution in [0.15, 0.2) is 0 Å². The Morgan fingerprint density at radius 3 is 2.28 bits per heavy atom. The van der Waals surface area contributed by atoms with Gasteiger partial charge in [-0.1, -0.05) is 0 Å². The fraction of sp³-hybridized carbons (Fsp3) is 0.833. The summed E-state index contributed by atoms with van der Waals surface area (Å²) in [5, 5.41) is 7.60. The standard InChI is InChI=1S/C12H22N2O3.ClH/c1-3-16-11(13)9-10-5-7-14(8-6-10)12(15)17-4-2;/h10,13H,3-9H2,1-2H3;1H. The van der Waals surface area contributed by atoms with Gasteiger partial charge in [-0.05, 0) is 32.6 Å². The molecule has 0 radical (unpaired) electrons. The maximum atomic E-state index is 11.5. The van der Waals surface area contributed by atoms with Crippen molar-refractivity contribution in [3.63, 3.8) is 0 Å². The van der Waals surface area contributed by atoms with Crippen LogP contribution in [0.25, 0.3) is 0 Å². The van der Waals surface area contributed by atoms with E-state index in [-0.39, 0.29) is 18.5 Å². The van der Waals surface area contributed by atoms with Gasteiger partial charge in [0.2, 0.25) is 0 Å². The summed E-state index contributed by atoms with van der Waals surface area (Å²) >= 11 is 0. The molecular formula is C12H23ClN2O3. The van der Waals surface area contributed by atoms with Gasteiger partial charge in [0.05, 0.1) is 13.2 Å². The minimum Gasteiger partial charge on any atom is -0.481 e. The molecule has 1 saturated heterocycles. The molecule has 1 fully saturated rings. The molecule has 0 aromatic rings. The van der Waals surface area contributed by atoms with Crippen LogP contribution in [-0.2, 0) is 9.47 Å². The average molecular weight is 279 g/mol. The molecule has 1 aliphatic heterocycles. The van der Waals surface area contributed by atoms with Crippen molar-refractivity contribution in [1.82, 2.24) is 4.90 Å². The molecule has 5 nitrogen and oxygen atoms in total. The molecule has 0 aliphatic carbocycles. The first-order chi connectivity index (χ1) is 8.17. The Kier molecular flexibility index (Phi) is 8.54. The Morgan fingerprint density at radius 2 is 1.78 bits per heavy atom. The summed E-state index contributed by atoms with van der Waals surface area (Å²) in [6.07, 6.45) is 2.32. The number of hydrogen-bond acceptors (Lipinski definition) is 4. The Hall–Kier alpha value is -0.970. The number of piperidine rings is 1. The summed E-state index contributed by atoms with van der Waals surface area (Å²) < 4.78 is 10.1.